The molecule has 34 heavy (non-hydrogen) atoms. The van der Waals surface area contributed by atoms with Gasteiger partial charge in [0.05, 0.1) is 24.3 Å². The van der Waals surface area contributed by atoms with Crippen LogP contribution in [0.1, 0.15) is 44.4 Å². The van der Waals surface area contributed by atoms with E-state index in [1.807, 2.05) is 64.0 Å². The summed E-state index contributed by atoms with van der Waals surface area (Å²) in [6.07, 6.45) is 0.880. The minimum Gasteiger partial charge on any atom is -0.507 e. The number of rotatable bonds is 10. The largest absolute Gasteiger partial charge is 0.507 e. The average molecular weight is 467 g/mol. The molecule has 2 aromatic carbocycles. The number of carbonyl (C=O) groups excluding carboxylic acids is 2. The Kier molecular flexibility index (Phi) is 8.34. The van der Waals surface area contributed by atoms with Gasteiger partial charge >= 0.3 is 0 Å². The summed E-state index contributed by atoms with van der Waals surface area (Å²) in [6, 6.07) is 13.5. The number of carbonyl (C=O) groups is 2. The maximum Gasteiger partial charge on any atom is 0.295 e. The molecule has 3 rings (SSSR count). The monoisotopic (exact) mass is 466 g/mol. The lowest BCUT2D eigenvalue weighted by Gasteiger charge is -2.27. The molecule has 1 fully saturated rings. The number of aliphatic hydroxyl groups is 1. The van der Waals surface area contributed by atoms with Crippen LogP contribution in [-0.4, -0.2) is 66.5 Å². The fourth-order valence-corrected chi connectivity index (χ4v) is 3.88. The van der Waals surface area contributed by atoms with E-state index < -0.39 is 17.7 Å². The Hall–Kier alpha value is -3.32. The number of nitrogens with zero attached hydrogens (tertiary/aromatic N) is 2. The summed E-state index contributed by atoms with van der Waals surface area (Å²) in [4.78, 5) is 29.7. The normalized spacial score (nSPS) is 17.6. The molecule has 2 aromatic rings. The highest BCUT2D eigenvalue weighted by Crippen LogP contribution is 2.40. The molecule has 182 valence electrons. The molecular formula is C27H34N2O5. The van der Waals surface area contributed by atoms with Gasteiger partial charge in [0, 0.05) is 18.7 Å². The number of likely N-dealkylation sites (tertiary alicyclic amines) is 1. The van der Waals surface area contributed by atoms with E-state index in [-0.39, 0.29) is 17.4 Å². The zero-order valence-corrected chi connectivity index (χ0v) is 20.6. The predicted octanol–water partition coefficient (Wildman–Crippen LogP) is 4.25. The summed E-state index contributed by atoms with van der Waals surface area (Å²) in [5.74, 6) is -0.189. The van der Waals surface area contributed by atoms with Crippen LogP contribution in [0.4, 0.5) is 0 Å². The van der Waals surface area contributed by atoms with Crippen molar-refractivity contribution in [2.75, 3.05) is 33.8 Å². The molecular weight excluding hydrogens is 432 g/mol. The zero-order valence-electron chi connectivity index (χ0n) is 20.6. The van der Waals surface area contributed by atoms with Crippen molar-refractivity contribution in [2.24, 2.45) is 0 Å². The van der Waals surface area contributed by atoms with Crippen molar-refractivity contribution in [2.45, 2.75) is 39.3 Å². The summed E-state index contributed by atoms with van der Waals surface area (Å²) in [6.45, 7) is 7.38. The molecule has 7 heteroatoms. The standard InChI is InChI=1S/C27H34N2O5/c1-6-16-33-22-9-7-8-20(17-22)24-23(26(31)27(32)29(24)15-14-28(4)5)25(30)19-10-12-21(13-11-19)34-18(2)3/h7-13,17-18,24,30H,6,14-16H2,1-5H3/b25-23-. The van der Waals surface area contributed by atoms with Crippen LogP contribution in [0.2, 0.25) is 0 Å². The molecule has 1 atom stereocenters. The van der Waals surface area contributed by atoms with Crippen LogP contribution >= 0.6 is 0 Å². The highest BCUT2D eigenvalue weighted by Gasteiger charge is 2.46. The highest BCUT2D eigenvalue weighted by molar-refractivity contribution is 6.46. The number of ketones is 1. The van der Waals surface area contributed by atoms with Gasteiger partial charge in [-0.15, -0.1) is 0 Å². The van der Waals surface area contributed by atoms with Crippen molar-refractivity contribution < 1.29 is 24.2 Å². The van der Waals surface area contributed by atoms with Crippen molar-refractivity contribution in [3.63, 3.8) is 0 Å². The van der Waals surface area contributed by atoms with Gasteiger partial charge in [-0.1, -0.05) is 19.1 Å². The van der Waals surface area contributed by atoms with Gasteiger partial charge in [0.1, 0.15) is 17.3 Å². The minimum absolute atomic E-state index is 0.0173. The number of benzene rings is 2. The highest BCUT2D eigenvalue weighted by atomic mass is 16.5. The lowest BCUT2D eigenvalue weighted by atomic mass is 9.95. The number of Topliss-reactive ketones (excluding diaryl/α,β-unsaturated/α-hetero) is 1. The van der Waals surface area contributed by atoms with Crippen molar-refractivity contribution in [3.8, 4) is 11.5 Å². The summed E-state index contributed by atoms with van der Waals surface area (Å²) in [5, 5.41) is 11.2. The van der Waals surface area contributed by atoms with Crippen LogP contribution in [0.3, 0.4) is 0 Å². The molecule has 1 heterocycles. The van der Waals surface area contributed by atoms with E-state index in [4.69, 9.17) is 9.47 Å². The Balaban J connectivity index is 2.07. The number of ether oxygens (including phenoxy) is 2. The number of aliphatic hydroxyl groups excluding tert-OH is 1. The van der Waals surface area contributed by atoms with Crippen LogP contribution in [0, 0.1) is 0 Å². The summed E-state index contributed by atoms with van der Waals surface area (Å²) < 4.78 is 11.5. The van der Waals surface area contributed by atoms with Gasteiger partial charge in [0.2, 0.25) is 0 Å². The van der Waals surface area contributed by atoms with E-state index in [1.54, 1.807) is 24.3 Å². The Morgan fingerprint density at radius 2 is 1.79 bits per heavy atom. The van der Waals surface area contributed by atoms with Crippen molar-refractivity contribution in [3.05, 3.63) is 65.2 Å². The Morgan fingerprint density at radius 3 is 2.41 bits per heavy atom. The zero-order chi connectivity index (χ0) is 24.8. The lowest BCUT2D eigenvalue weighted by Crippen LogP contribution is -2.35. The maximum absolute atomic E-state index is 13.1. The van der Waals surface area contributed by atoms with Crippen molar-refractivity contribution in [1.29, 1.82) is 0 Å². The van der Waals surface area contributed by atoms with Crippen molar-refractivity contribution >= 4 is 17.4 Å². The third-order valence-electron chi connectivity index (χ3n) is 5.47. The van der Waals surface area contributed by atoms with Crippen LogP contribution in [0.15, 0.2) is 54.1 Å². The SMILES string of the molecule is CCCOc1cccc(C2/C(=C(/O)c3ccc(OC(C)C)cc3)C(=O)C(=O)N2CCN(C)C)c1. The van der Waals surface area contributed by atoms with E-state index in [9.17, 15) is 14.7 Å². The molecule has 0 saturated carbocycles. The molecule has 0 spiro atoms. The Morgan fingerprint density at radius 1 is 1.09 bits per heavy atom. The molecule has 0 bridgehead atoms. The second kappa shape index (κ2) is 11.2. The molecule has 1 saturated heterocycles. The summed E-state index contributed by atoms with van der Waals surface area (Å²) in [7, 11) is 3.82. The van der Waals surface area contributed by atoms with Gasteiger partial charge < -0.3 is 24.4 Å². The molecule has 0 aliphatic carbocycles. The number of amides is 1. The Labute approximate surface area is 201 Å². The molecule has 1 unspecified atom stereocenters. The topological polar surface area (TPSA) is 79.3 Å². The molecule has 0 aromatic heterocycles. The molecule has 1 aliphatic rings. The predicted molar refractivity (Wildman–Crippen MR) is 132 cm³/mol. The first kappa shape index (κ1) is 25.3. The van der Waals surface area contributed by atoms with Gasteiger partial charge in [-0.2, -0.15) is 0 Å². The van der Waals surface area contributed by atoms with Gasteiger partial charge in [-0.05, 0) is 76.3 Å². The van der Waals surface area contributed by atoms with E-state index in [0.29, 0.717) is 42.3 Å². The van der Waals surface area contributed by atoms with E-state index in [1.165, 1.54) is 4.90 Å². The fourth-order valence-electron chi connectivity index (χ4n) is 3.88. The first-order valence-electron chi connectivity index (χ1n) is 11.7. The molecule has 7 nitrogen and oxygen atoms in total. The molecule has 0 radical (unpaired) electrons. The van der Waals surface area contributed by atoms with Crippen LogP contribution in [0.25, 0.3) is 5.76 Å². The molecule has 1 aliphatic heterocycles. The van der Waals surface area contributed by atoms with Crippen LogP contribution in [0.5, 0.6) is 11.5 Å². The van der Waals surface area contributed by atoms with E-state index in [2.05, 4.69) is 0 Å². The number of hydrogen-bond donors (Lipinski definition) is 1. The van der Waals surface area contributed by atoms with E-state index >= 15 is 0 Å². The summed E-state index contributed by atoms with van der Waals surface area (Å²) in [5.41, 5.74) is 1.24. The molecule has 1 N–H and O–H groups in total. The number of hydrogen-bond acceptors (Lipinski definition) is 6. The quantitative estimate of drug-likeness (QED) is 0.320. The fraction of sp³-hybridized carbons (Fsp3) is 0.407. The average Bonchev–Trinajstić information content (AvgIpc) is 3.06. The van der Waals surface area contributed by atoms with E-state index in [0.717, 1.165) is 6.42 Å². The summed E-state index contributed by atoms with van der Waals surface area (Å²) >= 11 is 0. The second-order valence-electron chi connectivity index (χ2n) is 8.91. The smallest absolute Gasteiger partial charge is 0.295 e. The minimum atomic E-state index is -0.711. The van der Waals surface area contributed by atoms with Gasteiger partial charge in [0.25, 0.3) is 11.7 Å². The third kappa shape index (κ3) is 5.78. The number of likely N-dealkylation sites (N-methyl/N-ethyl adjacent to an activating group) is 1. The molecule has 1 amide bonds. The second-order valence-corrected chi connectivity index (χ2v) is 8.91. The van der Waals surface area contributed by atoms with Gasteiger partial charge in [0.15, 0.2) is 0 Å². The van der Waals surface area contributed by atoms with Crippen LogP contribution in [-0.2, 0) is 9.59 Å². The Bertz CT molecular complexity index is 1040. The van der Waals surface area contributed by atoms with Gasteiger partial charge in [-0.3, -0.25) is 9.59 Å². The third-order valence-corrected chi connectivity index (χ3v) is 5.47. The maximum atomic E-state index is 13.1. The van der Waals surface area contributed by atoms with Crippen LogP contribution < -0.4 is 9.47 Å². The lowest BCUT2D eigenvalue weighted by molar-refractivity contribution is -0.140. The van der Waals surface area contributed by atoms with Gasteiger partial charge in [-0.25, -0.2) is 0 Å². The first-order chi connectivity index (χ1) is 16.2. The van der Waals surface area contributed by atoms with Crippen molar-refractivity contribution in [1.82, 2.24) is 9.80 Å². The first-order valence-corrected chi connectivity index (χ1v) is 11.7.